The van der Waals surface area contributed by atoms with Crippen molar-refractivity contribution in [3.63, 3.8) is 0 Å². The Balaban J connectivity index is 1.90. The van der Waals surface area contributed by atoms with E-state index in [2.05, 4.69) is 0 Å². The van der Waals surface area contributed by atoms with E-state index >= 15 is 0 Å². The van der Waals surface area contributed by atoms with Gasteiger partial charge in [-0.1, -0.05) is 12.1 Å². The second-order valence-corrected chi connectivity index (χ2v) is 6.17. The lowest BCUT2D eigenvalue weighted by Crippen LogP contribution is -2.50. The van der Waals surface area contributed by atoms with E-state index < -0.39 is 12.0 Å². The summed E-state index contributed by atoms with van der Waals surface area (Å²) in [7, 11) is 0. The first-order valence-corrected chi connectivity index (χ1v) is 7.93. The third kappa shape index (κ3) is 2.56. The molecule has 1 heterocycles. The van der Waals surface area contributed by atoms with Gasteiger partial charge in [0, 0.05) is 6.54 Å². The highest BCUT2D eigenvalue weighted by molar-refractivity contribution is 5.89. The number of hydrogen-bond acceptors (Lipinski definition) is 3. The van der Waals surface area contributed by atoms with Gasteiger partial charge >= 0.3 is 5.97 Å². The zero-order chi connectivity index (χ0) is 15.7. The fraction of sp³-hybridized carbons (Fsp3) is 0.529. The number of likely N-dealkylation sites (tertiary alicyclic amines) is 1. The first-order valence-electron chi connectivity index (χ1n) is 7.93. The van der Waals surface area contributed by atoms with Crippen molar-refractivity contribution in [1.82, 2.24) is 4.90 Å². The molecule has 2 N–H and O–H groups in total. The van der Waals surface area contributed by atoms with Crippen LogP contribution in [-0.2, 0) is 16.0 Å². The summed E-state index contributed by atoms with van der Waals surface area (Å²) in [5.41, 5.74) is 1.71. The Bertz CT molecular complexity index is 598. The monoisotopic (exact) mass is 303 g/mol. The SMILES string of the molecule is O=C(O)[C@@H]1CCCCN1C(=O)[C@H]1CCCc2c(O)cccc21. The second kappa shape index (κ2) is 5.99. The maximum absolute atomic E-state index is 12.9. The molecule has 0 spiro atoms. The number of fused-ring (bicyclic) bond motifs is 1. The van der Waals surface area contributed by atoms with Crippen molar-refractivity contribution in [3.05, 3.63) is 29.3 Å². The standard InChI is InChI=1S/C17H21NO4/c19-15-9-4-5-11-12(15)6-3-7-13(11)16(20)18-10-2-1-8-14(18)17(21)22/h4-5,9,13-14,19H,1-3,6-8,10H2,(H,21,22)/t13-,14-/m0/s1. The van der Waals surface area contributed by atoms with Crippen molar-refractivity contribution in [2.24, 2.45) is 0 Å². The minimum absolute atomic E-state index is 0.0985. The number of piperidine rings is 1. The Morgan fingerprint density at radius 1 is 1.14 bits per heavy atom. The van der Waals surface area contributed by atoms with Crippen LogP contribution in [0.1, 0.15) is 49.1 Å². The number of aliphatic carboxylic acids is 1. The zero-order valence-corrected chi connectivity index (χ0v) is 12.5. The van der Waals surface area contributed by atoms with Crippen LogP contribution in [0.2, 0.25) is 0 Å². The Morgan fingerprint density at radius 2 is 1.95 bits per heavy atom. The van der Waals surface area contributed by atoms with Crippen LogP contribution in [0.15, 0.2) is 18.2 Å². The van der Waals surface area contributed by atoms with Crippen molar-refractivity contribution in [1.29, 1.82) is 0 Å². The molecule has 1 aromatic rings. The van der Waals surface area contributed by atoms with Gasteiger partial charge in [0.05, 0.1) is 5.92 Å². The Kier molecular flexibility index (Phi) is 4.05. The molecule has 5 nitrogen and oxygen atoms in total. The van der Waals surface area contributed by atoms with Crippen LogP contribution in [0, 0.1) is 0 Å². The lowest BCUT2D eigenvalue weighted by Gasteiger charge is -2.37. The van der Waals surface area contributed by atoms with Gasteiger partial charge in [-0.15, -0.1) is 0 Å². The van der Waals surface area contributed by atoms with Crippen molar-refractivity contribution in [2.75, 3.05) is 6.54 Å². The van der Waals surface area contributed by atoms with Gasteiger partial charge in [0.1, 0.15) is 11.8 Å². The van der Waals surface area contributed by atoms with E-state index in [0.29, 0.717) is 13.0 Å². The summed E-state index contributed by atoms with van der Waals surface area (Å²) in [6.07, 6.45) is 4.57. The molecule has 1 saturated heterocycles. The number of rotatable bonds is 2. The summed E-state index contributed by atoms with van der Waals surface area (Å²) in [5, 5.41) is 19.3. The number of phenols is 1. The van der Waals surface area contributed by atoms with Crippen LogP contribution in [-0.4, -0.2) is 39.6 Å². The van der Waals surface area contributed by atoms with E-state index in [9.17, 15) is 19.8 Å². The lowest BCUT2D eigenvalue weighted by molar-refractivity contribution is -0.152. The van der Waals surface area contributed by atoms with Gasteiger partial charge in [0.25, 0.3) is 0 Å². The van der Waals surface area contributed by atoms with Crippen LogP contribution in [0.3, 0.4) is 0 Å². The molecule has 0 saturated carbocycles. The van der Waals surface area contributed by atoms with Gasteiger partial charge in [-0.3, -0.25) is 4.79 Å². The Labute approximate surface area is 129 Å². The summed E-state index contributed by atoms with van der Waals surface area (Å²) in [4.78, 5) is 25.9. The average molecular weight is 303 g/mol. The Morgan fingerprint density at radius 3 is 2.73 bits per heavy atom. The molecule has 0 unspecified atom stereocenters. The van der Waals surface area contributed by atoms with Crippen LogP contribution in [0.4, 0.5) is 0 Å². The van der Waals surface area contributed by atoms with Crippen LogP contribution in [0.25, 0.3) is 0 Å². The highest BCUT2D eigenvalue weighted by Gasteiger charge is 2.37. The number of benzene rings is 1. The fourth-order valence-corrected chi connectivity index (χ4v) is 3.74. The number of amides is 1. The van der Waals surface area contributed by atoms with E-state index in [4.69, 9.17) is 0 Å². The summed E-state index contributed by atoms with van der Waals surface area (Å²) in [5.74, 6) is -1.10. The van der Waals surface area contributed by atoms with Gasteiger partial charge in [-0.2, -0.15) is 0 Å². The van der Waals surface area contributed by atoms with Gasteiger partial charge in [-0.25, -0.2) is 4.79 Å². The third-order valence-corrected chi connectivity index (χ3v) is 4.85. The van der Waals surface area contributed by atoms with Crippen LogP contribution < -0.4 is 0 Å². The molecule has 1 fully saturated rings. The lowest BCUT2D eigenvalue weighted by atomic mass is 9.81. The zero-order valence-electron chi connectivity index (χ0n) is 12.5. The van der Waals surface area contributed by atoms with Gasteiger partial charge in [0.15, 0.2) is 0 Å². The second-order valence-electron chi connectivity index (χ2n) is 6.17. The molecule has 1 aliphatic heterocycles. The van der Waals surface area contributed by atoms with Crippen molar-refractivity contribution in [3.8, 4) is 5.75 Å². The molecule has 1 aliphatic carbocycles. The smallest absolute Gasteiger partial charge is 0.326 e. The van der Waals surface area contributed by atoms with Crippen LogP contribution >= 0.6 is 0 Å². The first kappa shape index (κ1) is 14.9. The molecule has 5 heteroatoms. The maximum atomic E-state index is 12.9. The van der Waals surface area contributed by atoms with E-state index in [0.717, 1.165) is 43.2 Å². The predicted octanol–water partition coefficient (Wildman–Crippen LogP) is 2.28. The van der Waals surface area contributed by atoms with E-state index in [1.165, 1.54) is 4.90 Å². The van der Waals surface area contributed by atoms with Gasteiger partial charge < -0.3 is 15.1 Å². The summed E-state index contributed by atoms with van der Waals surface area (Å²) < 4.78 is 0. The largest absolute Gasteiger partial charge is 0.508 e. The number of carbonyl (C=O) groups excluding carboxylic acids is 1. The van der Waals surface area contributed by atoms with Crippen molar-refractivity contribution in [2.45, 2.75) is 50.5 Å². The third-order valence-electron chi connectivity index (χ3n) is 4.85. The quantitative estimate of drug-likeness (QED) is 0.878. The molecule has 3 rings (SSSR count). The molecule has 2 aliphatic rings. The Hall–Kier alpha value is -2.04. The minimum atomic E-state index is -0.917. The minimum Gasteiger partial charge on any atom is -0.508 e. The highest BCUT2D eigenvalue weighted by Crippen LogP contribution is 2.38. The number of carboxylic acid groups (broad SMARTS) is 1. The van der Waals surface area contributed by atoms with Crippen molar-refractivity contribution < 1.29 is 19.8 Å². The molecule has 1 amide bonds. The molecule has 1 aromatic carbocycles. The normalized spacial score (nSPS) is 24.6. The number of carboxylic acids is 1. The molecular weight excluding hydrogens is 282 g/mol. The van der Waals surface area contributed by atoms with Gasteiger partial charge in [0.2, 0.25) is 5.91 Å². The van der Waals surface area contributed by atoms with Crippen LogP contribution in [0.5, 0.6) is 5.75 Å². The summed E-state index contributed by atoms with van der Waals surface area (Å²) in [6.45, 7) is 0.514. The molecule has 0 radical (unpaired) electrons. The molecule has 22 heavy (non-hydrogen) atoms. The number of phenolic OH excluding ortho intramolecular Hbond substituents is 1. The van der Waals surface area contributed by atoms with E-state index in [1.807, 2.05) is 6.07 Å². The average Bonchev–Trinajstić information content (AvgIpc) is 2.54. The van der Waals surface area contributed by atoms with Crippen molar-refractivity contribution >= 4 is 11.9 Å². The number of carbonyl (C=O) groups is 2. The van der Waals surface area contributed by atoms with E-state index in [1.54, 1.807) is 12.1 Å². The maximum Gasteiger partial charge on any atom is 0.326 e. The predicted molar refractivity (Wildman–Crippen MR) is 80.8 cm³/mol. The molecule has 0 bridgehead atoms. The number of nitrogens with zero attached hydrogens (tertiary/aromatic N) is 1. The number of hydrogen-bond donors (Lipinski definition) is 2. The first-order chi connectivity index (χ1) is 10.6. The topological polar surface area (TPSA) is 77.8 Å². The molecule has 2 atom stereocenters. The fourth-order valence-electron chi connectivity index (χ4n) is 3.74. The summed E-state index contributed by atoms with van der Waals surface area (Å²) in [6, 6.07) is 4.58. The number of aromatic hydroxyl groups is 1. The molecule has 0 aromatic heterocycles. The molecular formula is C17H21NO4. The molecule has 118 valence electrons. The van der Waals surface area contributed by atoms with E-state index in [-0.39, 0.29) is 17.6 Å². The van der Waals surface area contributed by atoms with Gasteiger partial charge in [-0.05, 0) is 55.7 Å². The highest BCUT2D eigenvalue weighted by atomic mass is 16.4. The summed E-state index contributed by atoms with van der Waals surface area (Å²) >= 11 is 0.